The van der Waals surface area contributed by atoms with Crippen molar-refractivity contribution < 1.29 is 9.59 Å². The lowest BCUT2D eigenvalue weighted by molar-refractivity contribution is -0.125. The Morgan fingerprint density at radius 3 is 3.00 bits per heavy atom. The molecule has 2 fully saturated rings. The van der Waals surface area contributed by atoms with E-state index in [4.69, 9.17) is 0 Å². The molecule has 0 aromatic carbocycles. The van der Waals surface area contributed by atoms with Crippen molar-refractivity contribution in [1.82, 2.24) is 20.4 Å². The minimum Gasteiger partial charge on any atom is -0.322 e. The molecule has 25 heavy (non-hydrogen) atoms. The Bertz CT molecular complexity index is 781. The number of nitrogens with zero attached hydrogens (tertiary/aromatic N) is 2. The average Bonchev–Trinajstić information content (AvgIpc) is 3.12. The van der Waals surface area contributed by atoms with E-state index in [1.165, 1.54) is 0 Å². The molecule has 1 aliphatic carbocycles. The minimum atomic E-state index is -0.444. The molecule has 3 heterocycles. The van der Waals surface area contributed by atoms with Crippen molar-refractivity contribution in [2.75, 3.05) is 5.32 Å². The van der Waals surface area contributed by atoms with Crippen LogP contribution in [0, 0.1) is 0 Å². The smallest absolute Gasteiger partial charge is 0.230 e. The number of aromatic nitrogens is 2. The lowest BCUT2D eigenvalue weighted by Gasteiger charge is -2.30. The SMILES string of the molecule is CC1CC(=O)NC(n2nc(C3CC3)cc2NC(=O)Cc2cccs2)N1. The Morgan fingerprint density at radius 2 is 2.32 bits per heavy atom. The van der Waals surface area contributed by atoms with Gasteiger partial charge in [-0.2, -0.15) is 5.10 Å². The normalized spacial score (nSPS) is 23.3. The van der Waals surface area contributed by atoms with Crippen LogP contribution in [0.3, 0.4) is 0 Å². The summed E-state index contributed by atoms with van der Waals surface area (Å²) in [6.07, 6.45) is 2.58. The van der Waals surface area contributed by atoms with Gasteiger partial charge in [0.15, 0.2) is 6.29 Å². The second-order valence-corrected chi connectivity index (χ2v) is 7.75. The van der Waals surface area contributed by atoms with Gasteiger partial charge in [-0.1, -0.05) is 6.07 Å². The molecule has 4 rings (SSSR count). The number of carbonyl (C=O) groups excluding carboxylic acids is 2. The lowest BCUT2D eigenvalue weighted by atomic mass is 10.2. The molecule has 0 spiro atoms. The number of thiophene rings is 1. The van der Waals surface area contributed by atoms with Gasteiger partial charge in [-0.3, -0.25) is 14.9 Å². The Hall–Kier alpha value is -2.19. The van der Waals surface area contributed by atoms with Crippen LogP contribution in [0.5, 0.6) is 0 Å². The van der Waals surface area contributed by atoms with Crippen LogP contribution in [-0.4, -0.2) is 27.6 Å². The maximum atomic E-state index is 12.4. The fourth-order valence-corrected chi connectivity index (χ4v) is 3.74. The predicted octanol–water partition coefficient (Wildman–Crippen LogP) is 1.96. The third-order valence-electron chi connectivity index (χ3n) is 4.41. The van der Waals surface area contributed by atoms with Crippen LogP contribution in [0.2, 0.25) is 0 Å². The summed E-state index contributed by atoms with van der Waals surface area (Å²) in [6, 6.07) is 5.87. The zero-order chi connectivity index (χ0) is 17.4. The first-order valence-electron chi connectivity index (χ1n) is 8.55. The molecule has 2 aromatic rings. The first kappa shape index (κ1) is 16.3. The molecular formula is C17H21N5O2S. The number of carbonyl (C=O) groups is 2. The van der Waals surface area contributed by atoms with Gasteiger partial charge in [0.2, 0.25) is 11.8 Å². The van der Waals surface area contributed by atoms with Crippen molar-refractivity contribution in [1.29, 1.82) is 0 Å². The van der Waals surface area contributed by atoms with E-state index in [0.29, 0.717) is 24.6 Å². The first-order valence-corrected chi connectivity index (χ1v) is 9.43. The second-order valence-electron chi connectivity index (χ2n) is 6.72. The van der Waals surface area contributed by atoms with E-state index in [1.807, 2.05) is 30.5 Å². The molecule has 132 valence electrons. The molecule has 1 saturated heterocycles. The molecule has 1 aliphatic heterocycles. The minimum absolute atomic E-state index is 0.0180. The van der Waals surface area contributed by atoms with E-state index >= 15 is 0 Å². The van der Waals surface area contributed by atoms with E-state index < -0.39 is 6.29 Å². The highest BCUT2D eigenvalue weighted by molar-refractivity contribution is 7.10. The van der Waals surface area contributed by atoms with Crippen molar-refractivity contribution in [3.63, 3.8) is 0 Å². The molecule has 0 radical (unpaired) electrons. The van der Waals surface area contributed by atoms with Crippen LogP contribution in [-0.2, 0) is 16.0 Å². The standard InChI is InChI=1S/C17H21N5O2S/c1-10-7-15(23)20-17(18-10)22-14(9-13(21-22)11-4-5-11)19-16(24)8-12-3-2-6-25-12/h2-3,6,9-11,17-18H,4-5,7-8H2,1H3,(H,19,24)(H,20,23). The van der Waals surface area contributed by atoms with Gasteiger partial charge in [0.1, 0.15) is 5.82 Å². The van der Waals surface area contributed by atoms with Crippen molar-refractivity contribution >= 4 is 29.0 Å². The number of hydrogen-bond donors (Lipinski definition) is 3. The highest BCUT2D eigenvalue weighted by Gasteiger charge is 2.31. The Kier molecular flexibility index (Phi) is 4.30. The molecule has 2 aromatic heterocycles. The number of hydrogen-bond acceptors (Lipinski definition) is 5. The third-order valence-corrected chi connectivity index (χ3v) is 5.29. The van der Waals surface area contributed by atoms with Gasteiger partial charge in [-0.25, -0.2) is 4.68 Å². The summed E-state index contributed by atoms with van der Waals surface area (Å²) >= 11 is 1.56. The fourth-order valence-electron chi connectivity index (χ4n) is 3.03. The first-order chi connectivity index (χ1) is 12.1. The third kappa shape index (κ3) is 3.74. The second kappa shape index (κ2) is 6.61. The van der Waals surface area contributed by atoms with Gasteiger partial charge in [-0.15, -0.1) is 11.3 Å². The highest BCUT2D eigenvalue weighted by atomic mass is 32.1. The summed E-state index contributed by atoms with van der Waals surface area (Å²) in [5.74, 6) is 0.984. The fraction of sp³-hybridized carbons (Fsp3) is 0.471. The zero-order valence-electron chi connectivity index (χ0n) is 14.0. The molecule has 2 aliphatic rings. The predicted molar refractivity (Wildman–Crippen MR) is 95.2 cm³/mol. The Balaban J connectivity index is 1.55. The Morgan fingerprint density at radius 1 is 1.48 bits per heavy atom. The zero-order valence-corrected chi connectivity index (χ0v) is 14.8. The van der Waals surface area contributed by atoms with E-state index in [9.17, 15) is 9.59 Å². The molecule has 2 atom stereocenters. The van der Waals surface area contributed by atoms with Crippen molar-refractivity contribution in [2.24, 2.45) is 0 Å². The number of rotatable bonds is 5. The molecule has 2 unspecified atom stereocenters. The van der Waals surface area contributed by atoms with Crippen molar-refractivity contribution in [3.8, 4) is 0 Å². The molecular weight excluding hydrogens is 338 g/mol. The molecule has 1 saturated carbocycles. The summed E-state index contributed by atoms with van der Waals surface area (Å²) in [7, 11) is 0. The van der Waals surface area contributed by atoms with Gasteiger partial charge in [-0.05, 0) is 31.2 Å². The van der Waals surface area contributed by atoms with E-state index in [-0.39, 0.29) is 17.9 Å². The summed E-state index contributed by atoms with van der Waals surface area (Å²) in [5.41, 5.74) is 0.973. The quantitative estimate of drug-likeness (QED) is 0.761. The topological polar surface area (TPSA) is 88.1 Å². The molecule has 7 nitrogen and oxygen atoms in total. The van der Waals surface area contributed by atoms with Crippen LogP contribution in [0.4, 0.5) is 5.82 Å². The van der Waals surface area contributed by atoms with E-state index in [2.05, 4.69) is 21.0 Å². The average molecular weight is 359 g/mol. The largest absolute Gasteiger partial charge is 0.322 e. The summed E-state index contributed by atoms with van der Waals surface area (Å²) in [5, 5.41) is 15.8. The lowest BCUT2D eigenvalue weighted by Crippen LogP contribution is -2.52. The molecule has 0 bridgehead atoms. The summed E-state index contributed by atoms with van der Waals surface area (Å²) in [6.45, 7) is 1.96. The molecule has 3 N–H and O–H groups in total. The molecule has 8 heteroatoms. The maximum Gasteiger partial charge on any atom is 0.230 e. The van der Waals surface area contributed by atoms with Gasteiger partial charge >= 0.3 is 0 Å². The van der Waals surface area contributed by atoms with Gasteiger partial charge in [0, 0.05) is 29.3 Å². The van der Waals surface area contributed by atoms with Crippen molar-refractivity contribution in [2.45, 2.75) is 50.9 Å². The van der Waals surface area contributed by atoms with E-state index in [1.54, 1.807) is 16.0 Å². The van der Waals surface area contributed by atoms with E-state index in [0.717, 1.165) is 23.4 Å². The number of anilines is 1. The summed E-state index contributed by atoms with van der Waals surface area (Å²) < 4.78 is 1.69. The van der Waals surface area contributed by atoms with Crippen LogP contribution >= 0.6 is 11.3 Å². The van der Waals surface area contributed by atoms with Crippen LogP contribution in [0.1, 0.15) is 49.0 Å². The van der Waals surface area contributed by atoms with Crippen LogP contribution in [0.15, 0.2) is 23.6 Å². The molecule has 2 amide bonds. The van der Waals surface area contributed by atoms with Crippen LogP contribution in [0.25, 0.3) is 0 Å². The monoisotopic (exact) mass is 359 g/mol. The van der Waals surface area contributed by atoms with Crippen LogP contribution < -0.4 is 16.0 Å². The van der Waals surface area contributed by atoms with Gasteiger partial charge < -0.3 is 10.6 Å². The highest BCUT2D eigenvalue weighted by Crippen LogP contribution is 2.40. The summed E-state index contributed by atoms with van der Waals surface area (Å²) in [4.78, 5) is 25.3. The Labute approximate surface area is 149 Å². The maximum absolute atomic E-state index is 12.4. The number of amides is 2. The van der Waals surface area contributed by atoms with Gasteiger partial charge in [0.05, 0.1) is 12.1 Å². The van der Waals surface area contributed by atoms with Gasteiger partial charge in [0.25, 0.3) is 0 Å². The number of nitrogens with one attached hydrogen (secondary N) is 3. The van der Waals surface area contributed by atoms with Crippen molar-refractivity contribution in [3.05, 3.63) is 34.2 Å².